The molecule has 208 valence electrons. The summed E-state index contributed by atoms with van der Waals surface area (Å²) in [6.07, 6.45) is 5.27. The largest absolute Gasteiger partial charge is 0.387 e. The first-order valence-corrected chi connectivity index (χ1v) is 13.5. The van der Waals surface area contributed by atoms with Crippen LogP contribution in [0.15, 0.2) is 23.4 Å². The minimum atomic E-state index is -1.27. The molecule has 4 aromatic rings. The van der Waals surface area contributed by atoms with Crippen LogP contribution < -0.4 is 10.6 Å². The summed E-state index contributed by atoms with van der Waals surface area (Å²) in [4.78, 5) is 22.6. The van der Waals surface area contributed by atoms with E-state index < -0.39 is 24.5 Å². The van der Waals surface area contributed by atoms with Crippen molar-refractivity contribution < 1.29 is 19.5 Å². The van der Waals surface area contributed by atoms with E-state index in [0.29, 0.717) is 41.2 Å². The van der Waals surface area contributed by atoms with E-state index >= 15 is 0 Å². The molecule has 2 aliphatic rings. The molecular weight excluding hydrogens is 504 g/mol. The van der Waals surface area contributed by atoms with Crippen molar-refractivity contribution in [2.45, 2.75) is 82.5 Å². The summed E-state index contributed by atoms with van der Waals surface area (Å²) in [5.41, 5.74) is 2.08. The van der Waals surface area contributed by atoms with Gasteiger partial charge in [0.2, 0.25) is 5.95 Å². The Morgan fingerprint density at radius 1 is 1.10 bits per heavy atom. The Labute approximate surface area is 224 Å². The van der Waals surface area contributed by atoms with Crippen LogP contribution in [0.1, 0.15) is 75.2 Å². The number of aromatic nitrogens is 8. The van der Waals surface area contributed by atoms with Crippen molar-refractivity contribution in [1.82, 2.24) is 39.2 Å². The van der Waals surface area contributed by atoms with Crippen molar-refractivity contribution >= 4 is 22.9 Å². The summed E-state index contributed by atoms with van der Waals surface area (Å²) in [6, 6.07) is 0.202. The van der Waals surface area contributed by atoms with E-state index in [1.807, 2.05) is 17.8 Å². The van der Waals surface area contributed by atoms with Gasteiger partial charge >= 0.3 is 0 Å². The molecule has 14 nitrogen and oxygen atoms in total. The van der Waals surface area contributed by atoms with Gasteiger partial charge in [0.05, 0.1) is 12.7 Å². The maximum absolute atomic E-state index is 11.0. The fraction of sp³-hybridized carbons (Fsp3) is 0.600. The minimum Gasteiger partial charge on any atom is -0.387 e. The Morgan fingerprint density at radius 3 is 2.64 bits per heavy atom. The van der Waals surface area contributed by atoms with E-state index in [0.717, 1.165) is 37.8 Å². The zero-order valence-corrected chi connectivity index (χ0v) is 22.2. The van der Waals surface area contributed by atoms with Crippen LogP contribution in [-0.4, -0.2) is 74.2 Å². The van der Waals surface area contributed by atoms with Crippen LogP contribution in [0.5, 0.6) is 0 Å². The van der Waals surface area contributed by atoms with Gasteiger partial charge in [0.15, 0.2) is 35.1 Å². The molecular formula is C25H34N10O4. The number of fused-ring (bicyclic) bond motifs is 1. The molecule has 4 N–H and O–H groups in total. The molecule has 0 aromatic carbocycles. The second-order valence-electron chi connectivity index (χ2n) is 10.2. The third-order valence-corrected chi connectivity index (χ3v) is 7.48. The van der Waals surface area contributed by atoms with Gasteiger partial charge in [-0.15, -0.1) is 0 Å². The minimum absolute atomic E-state index is 0.151. The second-order valence-corrected chi connectivity index (χ2v) is 10.2. The number of ether oxygens (including phenoxy) is 1. The highest BCUT2D eigenvalue weighted by molar-refractivity contribution is 5.84. The number of hydrogen-bond acceptors (Lipinski definition) is 12. The molecule has 0 amide bonds. The molecule has 4 atom stereocenters. The van der Waals surface area contributed by atoms with Crippen molar-refractivity contribution in [3.05, 3.63) is 36.3 Å². The third-order valence-electron chi connectivity index (χ3n) is 7.48. The Kier molecular flexibility index (Phi) is 6.91. The lowest BCUT2D eigenvalue weighted by Gasteiger charge is -2.18. The molecule has 1 saturated carbocycles. The number of aryl methyl sites for hydroxylation is 1. The van der Waals surface area contributed by atoms with Crippen LogP contribution in [0.4, 0.5) is 11.8 Å². The molecule has 0 spiro atoms. The number of nitrogens with zero attached hydrogens (tertiary/aromatic N) is 8. The summed E-state index contributed by atoms with van der Waals surface area (Å²) in [7, 11) is 1.96. The van der Waals surface area contributed by atoms with Crippen molar-refractivity contribution in [2.24, 2.45) is 7.05 Å². The standard InChI is InChI=1S/C25H34N10O4/c1-4-14(5-2)29-21-16-22(32-25(31-21)27-9-8-15-10-26-11-34(15)3)35(12-28-16)24-18(37)17(36)19(38-24)23-30-20(33-39-23)13-6-7-13/h10-14,17-19,24,36-37H,4-9H2,1-3H3,(H2,27,29,31,32)/t17-,18-,19-,24-/m1/s1. The van der Waals surface area contributed by atoms with Gasteiger partial charge in [-0.2, -0.15) is 15.0 Å². The third kappa shape index (κ3) is 4.94. The van der Waals surface area contributed by atoms with Crippen LogP contribution in [0.25, 0.3) is 11.2 Å². The molecule has 5 heterocycles. The highest BCUT2D eigenvalue weighted by atomic mass is 16.6. The predicted molar refractivity (Wildman–Crippen MR) is 140 cm³/mol. The van der Waals surface area contributed by atoms with Crippen LogP contribution in [0, 0.1) is 0 Å². The molecule has 4 aromatic heterocycles. The van der Waals surface area contributed by atoms with E-state index in [-0.39, 0.29) is 11.9 Å². The molecule has 1 aliphatic heterocycles. The quantitative estimate of drug-likeness (QED) is 0.219. The number of aliphatic hydroxyl groups is 2. The van der Waals surface area contributed by atoms with Crippen molar-refractivity contribution in [3.63, 3.8) is 0 Å². The van der Waals surface area contributed by atoms with E-state index in [9.17, 15) is 10.2 Å². The number of nitrogens with one attached hydrogen (secondary N) is 2. The van der Waals surface area contributed by atoms with Crippen molar-refractivity contribution in [1.29, 1.82) is 0 Å². The van der Waals surface area contributed by atoms with Crippen LogP contribution in [-0.2, 0) is 18.2 Å². The zero-order valence-electron chi connectivity index (χ0n) is 22.2. The predicted octanol–water partition coefficient (Wildman–Crippen LogP) is 2.07. The number of imidazole rings is 2. The summed E-state index contributed by atoms with van der Waals surface area (Å²) < 4.78 is 15.1. The lowest BCUT2D eigenvalue weighted by atomic mass is 10.1. The van der Waals surface area contributed by atoms with Gasteiger partial charge in [0.25, 0.3) is 5.89 Å². The van der Waals surface area contributed by atoms with E-state index in [1.165, 1.54) is 0 Å². The first kappa shape index (κ1) is 25.6. The average Bonchev–Trinajstić information content (AvgIpc) is 3.22. The molecule has 6 rings (SSSR count). The molecule has 0 unspecified atom stereocenters. The zero-order chi connectivity index (χ0) is 27.1. The fourth-order valence-corrected chi connectivity index (χ4v) is 4.86. The summed E-state index contributed by atoms with van der Waals surface area (Å²) in [5, 5.41) is 32.6. The van der Waals surface area contributed by atoms with E-state index in [1.54, 1.807) is 17.2 Å². The Bertz CT molecular complexity index is 1430. The van der Waals surface area contributed by atoms with Gasteiger partial charge in [-0.25, -0.2) is 9.97 Å². The summed E-state index contributed by atoms with van der Waals surface area (Å²) in [6.45, 7) is 4.82. The fourth-order valence-electron chi connectivity index (χ4n) is 4.86. The Morgan fingerprint density at radius 2 is 1.92 bits per heavy atom. The maximum Gasteiger partial charge on any atom is 0.258 e. The number of hydrogen-bond donors (Lipinski definition) is 4. The van der Waals surface area contributed by atoms with Gasteiger partial charge in [0.1, 0.15) is 12.2 Å². The average molecular weight is 539 g/mol. The SMILES string of the molecule is CCC(CC)Nc1nc(NCCc2cncn2C)nc2c1ncn2[C@@H]1O[C@@H](c2nc(C3CC3)no2)[C@H](O)[C@H]1O. The monoisotopic (exact) mass is 538 g/mol. The van der Waals surface area contributed by atoms with Crippen LogP contribution in [0.2, 0.25) is 0 Å². The van der Waals surface area contributed by atoms with Crippen LogP contribution in [0.3, 0.4) is 0 Å². The van der Waals surface area contributed by atoms with Crippen LogP contribution >= 0.6 is 0 Å². The van der Waals surface area contributed by atoms with Gasteiger partial charge in [-0.05, 0) is 25.7 Å². The summed E-state index contributed by atoms with van der Waals surface area (Å²) >= 11 is 0. The maximum atomic E-state index is 11.0. The Hall–Kier alpha value is -3.62. The van der Waals surface area contributed by atoms with Gasteiger partial charge in [-0.3, -0.25) is 4.57 Å². The second kappa shape index (κ2) is 10.5. The van der Waals surface area contributed by atoms with Crippen molar-refractivity contribution in [2.75, 3.05) is 17.2 Å². The lowest BCUT2D eigenvalue weighted by Crippen LogP contribution is -2.29. The molecule has 1 aliphatic carbocycles. The molecule has 0 radical (unpaired) electrons. The van der Waals surface area contributed by atoms with Crippen molar-refractivity contribution in [3.8, 4) is 0 Å². The first-order chi connectivity index (χ1) is 19.0. The number of aliphatic hydroxyl groups excluding tert-OH is 2. The topological polar surface area (TPSA) is 174 Å². The molecule has 2 fully saturated rings. The molecule has 0 bridgehead atoms. The molecule has 39 heavy (non-hydrogen) atoms. The molecule has 1 saturated heterocycles. The van der Waals surface area contributed by atoms with E-state index in [4.69, 9.17) is 19.2 Å². The number of anilines is 2. The summed E-state index contributed by atoms with van der Waals surface area (Å²) in [5.74, 6) is 2.06. The van der Waals surface area contributed by atoms with E-state index in [2.05, 4.69) is 44.6 Å². The van der Waals surface area contributed by atoms with Gasteiger partial charge < -0.3 is 34.7 Å². The lowest BCUT2D eigenvalue weighted by molar-refractivity contribution is -0.0451. The van der Waals surface area contributed by atoms with Gasteiger partial charge in [-0.1, -0.05) is 19.0 Å². The number of rotatable bonds is 11. The van der Waals surface area contributed by atoms with Gasteiger partial charge in [0, 0.05) is 43.9 Å². The first-order valence-electron chi connectivity index (χ1n) is 13.5. The Balaban J connectivity index is 1.29. The highest BCUT2D eigenvalue weighted by Crippen LogP contribution is 2.42. The normalized spacial score (nSPS) is 23.2. The highest BCUT2D eigenvalue weighted by Gasteiger charge is 2.48. The smallest absolute Gasteiger partial charge is 0.258 e. The molecule has 14 heteroatoms.